The molecule has 1 saturated heterocycles. The Hall–Kier alpha value is -1.64. The lowest BCUT2D eigenvalue weighted by atomic mass is 9.99. The SMILES string of the molecule is COC(=O)c1cc(Cl)ccc1S(=O)(=O)N1CCC(C(=O)O)CC1. The average Bonchev–Trinajstić information content (AvgIpc) is 2.53. The van der Waals surface area contributed by atoms with Crippen molar-refractivity contribution in [1.82, 2.24) is 4.31 Å². The summed E-state index contributed by atoms with van der Waals surface area (Å²) in [7, 11) is -2.78. The van der Waals surface area contributed by atoms with Gasteiger partial charge in [-0.25, -0.2) is 13.2 Å². The molecule has 126 valence electrons. The summed E-state index contributed by atoms with van der Waals surface area (Å²) in [4.78, 5) is 22.6. The van der Waals surface area contributed by atoms with E-state index in [2.05, 4.69) is 4.74 Å². The molecule has 0 radical (unpaired) electrons. The molecular weight excluding hydrogens is 346 g/mol. The molecule has 0 amide bonds. The van der Waals surface area contributed by atoms with E-state index >= 15 is 0 Å². The molecule has 1 aromatic rings. The van der Waals surface area contributed by atoms with Gasteiger partial charge in [0.05, 0.1) is 23.5 Å². The van der Waals surface area contributed by atoms with Gasteiger partial charge in [-0.05, 0) is 31.0 Å². The van der Waals surface area contributed by atoms with E-state index in [0.29, 0.717) is 0 Å². The van der Waals surface area contributed by atoms with Crippen molar-refractivity contribution in [3.63, 3.8) is 0 Å². The molecule has 7 nitrogen and oxygen atoms in total. The number of nitrogens with zero attached hydrogens (tertiary/aromatic N) is 1. The molecule has 0 bridgehead atoms. The van der Waals surface area contributed by atoms with Crippen LogP contribution < -0.4 is 0 Å². The number of carbonyl (C=O) groups is 2. The molecule has 0 unspecified atom stereocenters. The van der Waals surface area contributed by atoms with Crippen LogP contribution in [-0.2, 0) is 19.6 Å². The van der Waals surface area contributed by atoms with Crippen molar-refractivity contribution in [2.75, 3.05) is 20.2 Å². The van der Waals surface area contributed by atoms with Crippen molar-refractivity contribution in [3.8, 4) is 0 Å². The van der Waals surface area contributed by atoms with E-state index < -0.39 is 27.9 Å². The molecular formula is C14H16ClNO6S. The summed E-state index contributed by atoms with van der Waals surface area (Å²) >= 11 is 5.83. The average molecular weight is 362 g/mol. The molecule has 0 aliphatic carbocycles. The Morgan fingerprint density at radius 1 is 1.30 bits per heavy atom. The Morgan fingerprint density at radius 2 is 1.91 bits per heavy atom. The predicted molar refractivity (Wildman–Crippen MR) is 81.9 cm³/mol. The highest BCUT2D eigenvalue weighted by molar-refractivity contribution is 7.89. The molecule has 2 rings (SSSR count). The number of benzene rings is 1. The van der Waals surface area contributed by atoms with E-state index in [9.17, 15) is 18.0 Å². The first-order valence-corrected chi connectivity index (χ1v) is 8.70. The van der Waals surface area contributed by atoms with Crippen molar-refractivity contribution >= 4 is 33.6 Å². The van der Waals surface area contributed by atoms with Crippen LogP contribution in [0.25, 0.3) is 0 Å². The molecule has 1 fully saturated rings. The van der Waals surface area contributed by atoms with Crippen molar-refractivity contribution in [1.29, 1.82) is 0 Å². The number of hydrogen-bond acceptors (Lipinski definition) is 5. The molecule has 0 atom stereocenters. The van der Waals surface area contributed by atoms with Crippen molar-refractivity contribution < 1.29 is 27.9 Å². The van der Waals surface area contributed by atoms with Crippen molar-refractivity contribution in [3.05, 3.63) is 28.8 Å². The van der Waals surface area contributed by atoms with Gasteiger partial charge in [0.1, 0.15) is 0 Å². The van der Waals surface area contributed by atoms with Crippen LogP contribution in [0.5, 0.6) is 0 Å². The molecule has 1 aromatic carbocycles. The van der Waals surface area contributed by atoms with Crippen LogP contribution in [0, 0.1) is 5.92 Å². The van der Waals surface area contributed by atoms with E-state index in [1.807, 2.05) is 0 Å². The monoisotopic (exact) mass is 361 g/mol. The second kappa shape index (κ2) is 6.86. The first-order valence-electron chi connectivity index (χ1n) is 6.88. The number of sulfonamides is 1. The zero-order valence-corrected chi connectivity index (χ0v) is 13.9. The standard InChI is InChI=1S/C14H16ClNO6S/c1-22-14(19)11-8-10(15)2-3-12(11)23(20,21)16-6-4-9(5-7-16)13(17)18/h2-3,8-9H,4-7H2,1H3,(H,17,18). The fourth-order valence-electron chi connectivity index (χ4n) is 2.48. The van der Waals surface area contributed by atoms with E-state index in [0.717, 1.165) is 7.11 Å². The minimum absolute atomic E-state index is 0.0859. The van der Waals surface area contributed by atoms with Gasteiger partial charge in [-0.1, -0.05) is 11.6 Å². The van der Waals surface area contributed by atoms with E-state index in [1.54, 1.807) is 0 Å². The summed E-state index contributed by atoms with van der Waals surface area (Å²) in [6.07, 6.45) is 0.464. The maximum atomic E-state index is 12.7. The Balaban J connectivity index is 2.34. The van der Waals surface area contributed by atoms with Crippen molar-refractivity contribution in [2.24, 2.45) is 5.92 Å². The van der Waals surface area contributed by atoms with Crippen LogP contribution in [0.2, 0.25) is 5.02 Å². The van der Waals surface area contributed by atoms with Crippen LogP contribution in [-0.4, -0.2) is 50.0 Å². The number of ether oxygens (including phenoxy) is 1. The summed E-state index contributed by atoms with van der Waals surface area (Å²) in [5, 5.41) is 9.20. The normalized spacial score (nSPS) is 17.0. The minimum Gasteiger partial charge on any atom is -0.481 e. The highest BCUT2D eigenvalue weighted by Crippen LogP contribution is 2.28. The number of esters is 1. The first kappa shape index (κ1) is 17.7. The third kappa shape index (κ3) is 3.65. The van der Waals surface area contributed by atoms with Gasteiger partial charge < -0.3 is 9.84 Å². The van der Waals surface area contributed by atoms with Gasteiger partial charge in [0.15, 0.2) is 0 Å². The van der Waals surface area contributed by atoms with Gasteiger partial charge in [-0.3, -0.25) is 4.79 Å². The molecule has 1 heterocycles. The Morgan fingerprint density at radius 3 is 2.43 bits per heavy atom. The fourth-order valence-corrected chi connectivity index (χ4v) is 4.28. The summed E-state index contributed by atoms with van der Waals surface area (Å²) in [5.74, 6) is -2.28. The van der Waals surface area contributed by atoms with Crippen LogP contribution in [0.1, 0.15) is 23.2 Å². The number of carboxylic acid groups (broad SMARTS) is 1. The Labute approximate surface area is 138 Å². The first-order chi connectivity index (χ1) is 10.8. The summed E-state index contributed by atoms with van der Waals surface area (Å²) in [5.41, 5.74) is -0.139. The molecule has 0 saturated carbocycles. The number of carboxylic acids is 1. The predicted octanol–water partition coefficient (Wildman–Crippen LogP) is 1.61. The Bertz CT molecular complexity index is 725. The molecule has 1 N–H and O–H groups in total. The van der Waals surface area contributed by atoms with E-state index in [-0.39, 0.29) is 41.4 Å². The lowest BCUT2D eigenvalue weighted by Gasteiger charge is -2.29. The van der Waals surface area contributed by atoms with Gasteiger partial charge in [0.25, 0.3) is 0 Å². The van der Waals surface area contributed by atoms with Gasteiger partial charge in [0.2, 0.25) is 10.0 Å². The van der Waals surface area contributed by atoms with Crippen LogP contribution in [0.3, 0.4) is 0 Å². The molecule has 1 aliphatic heterocycles. The second-order valence-corrected chi connectivity index (χ2v) is 7.49. The van der Waals surface area contributed by atoms with E-state index in [1.165, 1.54) is 22.5 Å². The maximum absolute atomic E-state index is 12.7. The van der Waals surface area contributed by atoms with E-state index in [4.69, 9.17) is 16.7 Å². The molecule has 0 spiro atoms. The smallest absolute Gasteiger partial charge is 0.339 e. The maximum Gasteiger partial charge on any atom is 0.339 e. The molecule has 23 heavy (non-hydrogen) atoms. The van der Waals surface area contributed by atoms with Gasteiger partial charge >= 0.3 is 11.9 Å². The summed E-state index contributed by atoms with van der Waals surface area (Å²) in [6.45, 7) is 0.172. The van der Waals surface area contributed by atoms with Crippen LogP contribution >= 0.6 is 11.6 Å². The summed E-state index contributed by atoms with van der Waals surface area (Å²) < 4.78 is 31.3. The zero-order valence-electron chi connectivity index (χ0n) is 12.4. The number of methoxy groups -OCH3 is 1. The molecule has 1 aliphatic rings. The van der Waals surface area contributed by atoms with Crippen LogP contribution in [0.4, 0.5) is 0 Å². The minimum atomic E-state index is -3.93. The highest BCUT2D eigenvalue weighted by atomic mass is 35.5. The Kier molecular flexibility index (Phi) is 5.28. The summed E-state index contributed by atoms with van der Waals surface area (Å²) in [6, 6.07) is 3.88. The largest absolute Gasteiger partial charge is 0.481 e. The lowest BCUT2D eigenvalue weighted by molar-refractivity contribution is -0.142. The van der Waals surface area contributed by atoms with Gasteiger partial charge in [-0.15, -0.1) is 0 Å². The number of piperidine rings is 1. The number of hydrogen-bond donors (Lipinski definition) is 1. The fraction of sp³-hybridized carbons (Fsp3) is 0.429. The number of aliphatic carboxylic acids is 1. The second-order valence-electron chi connectivity index (χ2n) is 5.15. The number of rotatable bonds is 4. The van der Waals surface area contributed by atoms with Crippen LogP contribution in [0.15, 0.2) is 23.1 Å². The third-order valence-corrected chi connectivity index (χ3v) is 5.96. The number of carbonyl (C=O) groups excluding carboxylic acids is 1. The van der Waals surface area contributed by atoms with Gasteiger partial charge in [0, 0.05) is 18.1 Å². The topological polar surface area (TPSA) is 101 Å². The quantitative estimate of drug-likeness (QED) is 0.817. The highest BCUT2D eigenvalue weighted by Gasteiger charge is 2.34. The third-order valence-electron chi connectivity index (χ3n) is 3.77. The number of halogens is 1. The molecule has 9 heteroatoms. The molecule has 0 aromatic heterocycles. The van der Waals surface area contributed by atoms with Crippen molar-refractivity contribution in [2.45, 2.75) is 17.7 Å². The van der Waals surface area contributed by atoms with Gasteiger partial charge in [-0.2, -0.15) is 4.31 Å². The zero-order chi connectivity index (χ0) is 17.2. The lowest BCUT2D eigenvalue weighted by Crippen LogP contribution is -2.40.